The number of aromatic nitrogens is 3. The van der Waals surface area contributed by atoms with Gasteiger partial charge in [-0.15, -0.1) is 0 Å². The predicted octanol–water partition coefficient (Wildman–Crippen LogP) is 3.38. The molecule has 1 aliphatic heterocycles. The summed E-state index contributed by atoms with van der Waals surface area (Å²) in [5, 5.41) is 0. The minimum atomic E-state index is -0.505. The van der Waals surface area contributed by atoms with E-state index in [2.05, 4.69) is 15.0 Å². The zero-order chi connectivity index (χ0) is 17.2. The van der Waals surface area contributed by atoms with Crippen LogP contribution >= 0.6 is 0 Å². The van der Waals surface area contributed by atoms with Gasteiger partial charge in [0.15, 0.2) is 5.82 Å². The molecule has 0 bridgehead atoms. The van der Waals surface area contributed by atoms with E-state index in [9.17, 15) is 8.78 Å². The molecule has 1 aromatic carbocycles. The number of pyridine rings is 1. The molecule has 0 saturated heterocycles. The van der Waals surface area contributed by atoms with Crippen molar-refractivity contribution in [3.05, 3.63) is 77.4 Å². The monoisotopic (exact) mass is 338 g/mol. The van der Waals surface area contributed by atoms with Crippen LogP contribution in [0.1, 0.15) is 16.8 Å². The molecule has 0 amide bonds. The highest BCUT2D eigenvalue weighted by molar-refractivity contribution is 5.54. The highest BCUT2D eigenvalue weighted by Gasteiger charge is 2.21. The number of halogens is 2. The number of benzene rings is 1. The molecular weight excluding hydrogens is 322 g/mol. The average Bonchev–Trinajstić information content (AvgIpc) is 2.65. The average molecular weight is 338 g/mol. The van der Waals surface area contributed by atoms with E-state index in [1.54, 1.807) is 12.4 Å². The summed E-state index contributed by atoms with van der Waals surface area (Å²) in [7, 11) is 0. The third kappa shape index (κ3) is 3.25. The van der Waals surface area contributed by atoms with E-state index in [-0.39, 0.29) is 12.1 Å². The Morgan fingerprint density at radius 3 is 2.56 bits per heavy atom. The fourth-order valence-corrected chi connectivity index (χ4v) is 3.06. The van der Waals surface area contributed by atoms with Crippen molar-refractivity contribution in [1.29, 1.82) is 0 Å². The van der Waals surface area contributed by atoms with Crippen molar-refractivity contribution in [1.82, 2.24) is 19.9 Å². The highest BCUT2D eigenvalue weighted by Crippen LogP contribution is 2.23. The molecule has 0 unspecified atom stereocenters. The second-order valence-corrected chi connectivity index (χ2v) is 6.06. The molecule has 0 fully saturated rings. The molecule has 0 saturated carbocycles. The Balaban J connectivity index is 1.54. The van der Waals surface area contributed by atoms with Crippen LogP contribution in [-0.2, 0) is 19.5 Å². The Morgan fingerprint density at radius 2 is 1.80 bits per heavy atom. The quantitative estimate of drug-likeness (QED) is 0.734. The molecule has 0 spiro atoms. The molecule has 0 N–H and O–H groups in total. The molecular formula is C19H16F2N4. The van der Waals surface area contributed by atoms with Crippen molar-refractivity contribution in [3.8, 4) is 11.4 Å². The Morgan fingerprint density at radius 1 is 1.04 bits per heavy atom. The molecule has 0 radical (unpaired) electrons. The third-order valence-corrected chi connectivity index (χ3v) is 4.39. The first-order valence-electron chi connectivity index (χ1n) is 8.11. The van der Waals surface area contributed by atoms with E-state index >= 15 is 0 Å². The molecule has 3 aromatic rings. The van der Waals surface area contributed by atoms with Crippen LogP contribution in [0.5, 0.6) is 0 Å². The van der Waals surface area contributed by atoms with Crippen LogP contribution < -0.4 is 0 Å². The molecule has 1 aliphatic rings. The van der Waals surface area contributed by atoms with Crippen molar-refractivity contribution in [2.45, 2.75) is 19.5 Å². The summed E-state index contributed by atoms with van der Waals surface area (Å²) < 4.78 is 27.7. The standard InChI is InChI=1S/C19H16F2N4/c20-16-2-1-3-17(21)15(16)12-25-9-6-18-14(11-25)10-23-19(24-18)13-4-7-22-8-5-13/h1-5,7-8,10H,6,9,11-12H2. The highest BCUT2D eigenvalue weighted by atomic mass is 19.1. The summed E-state index contributed by atoms with van der Waals surface area (Å²) in [6.45, 7) is 1.53. The van der Waals surface area contributed by atoms with Gasteiger partial charge < -0.3 is 0 Å². The van der Waals surface area contributed by atoms with Crippen LogP contribution in [0.2, 0.25) is 0 Å². The third-order valence-electron chi connectivity index (χ3n) is 4.39. The lowest BCUT2D eigenvalue weighted by atomic mass is 10.1. The Kier molecular flexibility index (Phi) is 4.19. The second-order valence-electron chi connectivity index (χ2n) is 6.06. The number of fused-ring (bicyclic) bond motifs is 1. The van der Waals surface area contributed by atoms with Gasteiger partial charge in [-0.1, -0.05) is 6.07 Å². The summed E-state index contributed by atoms with van der Waals surface area (Å²) in [6, 6.07) is 7.71. The minimum Gasteiger partial charge on any atom is -0.294 e. The fourth-order valence-electron chi connectivity index (χ4n) is 3.06. The number of rotatable bonds is 3. The first-order valence-corrected chi connectivity index (χ1v) is 8.11. The Bertz CT molecular complexity index is 879. The van der Waals surface area contributed by atoms with Crippen LogP contribution in [0.3, 0.4) is 0 Å². The SMILES string of the molecule is Fc1cccc(F)c1CN1CCc2nc(-c3ccncc3)ncc2C1. The summed E-state index contributed by atoms with van der Waals surface area (Å²) in [5.41, 5.74) is 3.03. The molecule has 3 heterocycles. The van der Waals surface area contributed by atoms with Gasteiger partial charge in [0, 0.05) is 61.3 Å². The Labute approximate surface area is 144 Å². The fraction of sp³-hybridized carbons (Fsp3) is 0.211. The smallest absolute Gasteiger partial charge is 0.159 e. The van der Waals surface area contributed by atoms with E-state index < -0.39 is 11.6 Å². The maximum absolute atomic E-state index is 13.8. The van der Waals surface area contributed by atoms with Crippen LogP contribution in [0.4, 0.5) is 8.78 Å². The number of hydrogen-bond acceptors (Lipinski definition) is 4. The topological polar surface area (TPSA) is 41.9 Å². The van der Waals surface area contributed by atoms with Gasteiger partial charge in [0.2, 0.25) is 0 Å². The second kappa shape index (κ2) is 6.64. The van der Waals surface area contributed by atoms with Crippen molar-refractivity contribution in [2.24, 2.45) is 0 Å². The molecule has 25 heavy (non-hydrogen) atoms. The lowest BCUT2D eigenvalue weighted by Crippen LogP contribution is -2.31. The lowest BCUT2D eigenvalue weighted by Gasteiger charge is -2.28. The van der Waals surface area contributed by atoms with E-state index in [1.165, 1.54) is 18.2 Å². The van der Waals surface area contributed by atoms with Crippen molar-refractivity contribution in [2.75, 3.05) is 6.54 Å². The first-order chi connectivity index (χ1) is 12.2. The first kappa shape index (κ1) is 15.8. The van der Waals surface area contributed by atoms with E-state index in [1.807, 2.05) is 23.2 Å². The maximum atomic E-state index is 13.8. The zero-order valence-electron chi connectivity index (χ0n) is 13.5. The number of hydrogen-bond donors (Lipinski definition) is 0. The van der Waals surface area contributed by atoms with Crippen molar-refractivity contribution < 1.29 is 8.78 Å². The van der Waals surface area contributed by atoms with Gasteiger partial charge in [-0.2, -0.15) is 0 Å². The van der Waals surface area contributed by atoms with E-state index in [4.69, 9.17) is 0 Å². The predicted molar refractivity (Wildman–Crippen MR) is 89.4 cm³/mol. The van der Waals surface area contributed by atoms with Crippen LogP contribution in [0.25, 0.3) is 11.4 Å². The summed E-state index contributed by atoms with van der Waals surface area (Å²) >= 11 is 0. The molecule has 0 atom stereocenters. The van der Waals surface area contributed by atoms with Gasteiger partial charge in [-0.3, -0.25) is 9.88 Å². The van der Waals surface area contributed by atoms with Gasteiger partial charge in [-0.05, 0) is 24.3 Å². The van der Waals surface area contributed by atoms with Gasteiger partial charge in [0.1, 0.15) is 11.6 Å². The van der Waals surface area contributed by atoms with E-state index in [0.29, 0.717) is 18.9 Å². The van der Waals surface area contributed by atoms with Gasteiger partial charge in [0.05, 0.1) is 5.69 Å². The largest absolute Gasteiger partial charge is 0.294 e. The van der Waals surface area contributed by atoms with Crippen molar-refractivity contribution in [3.63, 3.8) is 0 Å². The minimum absolute atomic E-state index is 0.111. The van der Waals surface area contributed by atoms with Gasteiger partial charge in [0.25, 0.3) is 0 Å². The number of nitrogens with zero attached hydrogens (tertiary/aromatic N) is 4. The normalized spacial score (nSPS) is 14.3. The Hall–Kier alpha value is -2.73. The molecule has 4 rings (SSSR count). The maximum Gasteiger partial charge on any atom is 0.159 e. The van der Waals surface area contributed by atoms with Crippen LogP contribution in [-0.4, -0.2) is 26.4 Å². The molecule has 6 heteroatoms. The molecule has 2 aromatic heterocycles. The summed E-state index contributed by atoms with van der Waals surface area (Å²) in [6.07, 6.45) is 5.96. The van der Waals surface area contributed by atoms with Crippen LogP contribution in [0, 0.1) is 11.6 Å². The van der Waals surface area contributed by atoms with Crippen molar-refractivity contribution >= 4 is 0 Å². The van der Waals surface area contributed by atoms with Crippen LogP contribution in [0.15, 0.2) is 48.9 Å². The van der Waals surface area contributed by atoms with Gasteiger partial charge >= 0.3 is 0 Å². The van der Waals surface area contributed by atoms with Gasteiger partial charge in [-0.25, -0.2) is 18.7 Å². The molecule has 126 valence electrons. The van der Waals surface area contributed by atoms with E-state index in [0.717, 1.165) is 23.2 Å². The lowest BCUT2D eigenvalue weighted by molar-refractivity contribution is 0.236. The summed E-state index contributed by atoms with van der Waals surface area (Å²) in [5.74, 6) is -0.333. The molecule has 4 nitrogen and oxygen atoms in total. The zero-order valence-corrected chi connectivity index (χ0v) is 13.5. The molecule has 0 aliphatic carbocycles. The summed E-state index contributed by atoms with van der Waals surface area (Å²) in [4.78, 5) is 15.1.